The van der Waals surface area contributed by atoms with E-state index in [0.717, 1.165) is 22.5 Å². The molecule has 0 unspecified atom stereocenters. The second-order valence-corrected chi connectivity index (χ2v) is 10.7. The Balaban J connectivity index is 1.34. The standard InChI is InChI=1S/C33H22BrF3N2O4/c1-18-13-26-24(16-30(18)41-2)29(11-12-38-26)42-28-8-4-5-20-21(6-3-7-22(20)28)27(40)15-19-9-10-23(25(14-19)33(35,36)37)31-17-32(34)39-43-31/h3-14,16-17H,15H2,1-2H3. The van der Waals surface area contributed by atoms with Gasteiger partial charge < -0.3 is 14.0 Å². The molecule has 0 atom stereocenters. The van der Waals surface area contributed by atoms with Crippen molar-refractivity contribution in [1.82, 2.24) is 10.1 Å². The summed E-state index contributed by atoms with van der Waals surface area (Å²) in [7, 11) is 1.60. The van der Waals surface area contributed by atoms with E-state index in [1.54, 1.807) is 49.7 Å². The van der Waals surface area contributed by atoms with Gasteiger partial charge in [0, 0.05) is 40.6 Å². The number of rotatable bonds is 7. The van der Waals surface area contributed by atoms with Gasteiger partial charge in [-0.2, -0.15) is 13.2 Å². The van der Waals surface area contributed by atoms with Crippen LogP contribution >= 0.6 is 15.9 Å². The van der Waals surface area contributed by atoms with Crippen molar-refractivity contribution >= 4 is 43.4 Å². The molecule has 4 aromatic carbocycles. The van der Waals surface area contributed by atoms with Gasteiger partial charge in [-0.3, -0.25) is 9.78 Å². The van der Waals surface area contributed by atoms with E-state index in [1.807, 2.05) is 25.1 Å². The summed E-state index contributed by atoms with van der Waals surface area (Å²) in [6.45, 7) is 1.94. The van der Waals surface area contributed by atoms with E-state index >= 15 is 0 Å². The van der Waals surface area contributed by atoms with Crippen molar-refractivity contribution in [3.05, 3.63) is 112 Å². The zero-order valence-electron chi connectivity index (χ0n) is 22.8. The Labute approximate surface area is 252 Å². The normalized spacial score (nSPS) is 11.7. The molecule has 6 rings (SSSR count). The number of ketones is 1. The second-order valence-electron chi connectivity index (χ2n) is 9.90. The van der Waals surface area contributed by atoms with Gasteiger partial charge in [-0.05, 0) is 69.7 Å². The lowest BCUT2D eigenvalue weighted by atomic mass is 9.94. The van der Waals surface area contributed by atoms with Gasteiger partial charge in [0.15, 0.2) is 11.5 Å². The third-order valence-corrected chi connectivity index (χ3v) is 7.50. The summed E-state index contributed by atoms with van der Waals surface area (Å²) >= 11 is 3.09. The van der Waals surface area contributed by atoms with Crippen LogP contribution < -0.4 is 9.47 Å². The van der Waals surface area contributed by atoms with E-state index < -0.39 is 11.7 Å². The number of Topliss-reactive ketones (excluding diaryl/α,β-unsaturated/α-hetero) is 1. The molecule has 43 heavy (non-hydrogen) atoms. The zero-order valence-corrected chi connectivity index (χ0v) is 24.4. The number of ether oxygens (including phenoxy) is 2. The first-order valence-corrected chi connectivity index (χ1v) is 13.9. The third kappa shape index (κ3) is 5.58. The Morgan fingerprint density at radius 3 is 2.42 bits per heavy atom. The average molecular weight is 647 g/mol. The molecule has 0 aliphatic carbocycles. The lowest BCUT2D eigenvalue weighted by Crippen LogP contribution is -2.10. The molecule has 2 aromatic heterocycles. The number of alkyl halides is 3. The molecule has 0 saturated carbocycles. The molecule has 10 heteroatoms. The van der Waals surface area contributed by atoms with E-state index in [2.05, 4.69) is 26.1 Å². The maximum absolute atomic E-state index is 14.0. The number of nitrogens with zero attached hydrogens (tertiary/aromatic N) is 2. The number of benzene rings is 4. The molecular weight excluding hydrogens is 625 g/mol. The van der Waals surface area contributed by atoms with Gasteiger partial charge in [0.1, 0.15) is 21.9 Å². The first-order chi connectivity index (χ1) is 20.6. The van der Waals surface area contributed by atoms with Crippen molar-refractivity contribution in [2.24, 2.45) is 0 Å². The largest absolute Gasteiger partial charge is 0.496 e. The van der Waals surface area contributed by atoms with Crippen LogP contribution in [0.25, 0.3) is 33.0 Å². The van der Waals surface area contributed by atoms with Crippen LogP contribution in [-0.2, 0) is 12.6 Å². The molecule has 0 amide bonds. The molecule has 6 nitrogen and oxygen atoms in total. The molecular formula is C33H22BrF3N2O4. The van der Waals surface area contributed by atoms with Gasteiger partial charge >= 0.3 is 6.18 Å². The van der Waals surface area contributed by atoms with Crippen molar-refractivity contribution in [2.45, 2.75) is 19.5 Å². The van der Waals surface area contributed by atoms with E-state index in [1.165, 1.54) is 18.2 Å². The molecule has 0 N–H and O–H groups in total. The summed E-state index contributed by atoms with van der Waals surface area (Å²) in [4.78, 5) is 18.0. The highest BCUT2D eigenvalue weighted by Crippen LogP contribution is 2.39. The number of halogens is 4. The smallest absolute Gasteiger partial charge is 0.417 e. The predicted molar refractivity (Wildman–Crippen MR) is 160 cm³/mol. The van der Waals surface area contributed by atoms with Gasteiger partial charge in [0.2, 0.25) is 0 Å². The predicted octanol–water partition coefficient (Wildman–Crippen LogP) is 9.36. The summed E-state index contributed by atoms with van der Waals surface area (Å²) < 4.78 is 59.1. The Bertz CT molecular complexity index is 2020. The first-order valence-electron chi connectivity index (χ1n) is 13.1. The minimum atomic E-state index is -4.67. The zero-order chi connectivity index (χ0) is 30.3. The number of hydrogen-bond acceptors (Lipinski definition) is 6. The van der Waals surface area contributed by atoms with Crippen LogP contribution in [0.1, 0.15) is 27.0 Å². The molecule has 0 aliphatic heterocycles. The third-order valence-electron chi connectivity index (χ3n) is 7.12. The van der Waals surface area contributed by atoms with Gasteiger partial charge in [0.05, 0.1) is 18.2 Å². The molecule has 216 valence electrons. The van der Waals surface area contributed by atoms with Gasteiger partial charge in [0.25, 0.3) is 0 Å². The maximum Gasteiger partial charge on any atom is 0.417 e. The summed E-state index contributed by atoms with van der Waals surface area (Å²) in [5.41, 5.74) is 1.20. The molecule has 0 radical (unpaired) electrons. The quantitative estimate of drug-likeness (QED) is 0.161. The number of carbonyl (C=O) groups excluding carboxylic acids is 1. The lowest BCUT2D eigenvalue weighted by Gasteiger charge is -2.15. The van der Waals surface area contributed by atoms with Crippen LogP contribution in [0.15, 0.2) is 94.2 Å². The van der Waals surface area contributed by atoms with Gasteiger partial charge in [-0.25, -0.2) is 0 Å². The Kier molecular flexibility index (Phi) is 7.39. The van der Waals surface area contributed by atoms with Gasteiger partial charge in [-0.1, -0.05) is 47.6 Å². The van der Waals surface area contributed by atoms with Crippen molar-refractivity contribution in [2.75, 3.05) is 7.11 Å². The van der Waals surface area contributed by atoms with Gasteiger partial charge in [-0.15, -0.1) is 0 Å². The Hall–Kier alpha value is -4.70. The van der Waals surface area contributed by atoms with Crippen molar-refractivity contribution in [1.29, 1.82) is 0 Å². The molecule has 0 bridgehead atoms. The summed E-state index contributed by atoms with van der Waals surface area (Å²) in [6.07, 6.45) is -3.24. The summed E-state index contributed by atoms with van der Waals surface area (Å²) in [5.74, 6) is 1.41. The van der Waals surface area contributed by atoms with E-state index in [9.17, 15) is 18.0 Å². The highest BCUT2D eigenvalue weighted by molar-refractivity contribution is 9.10. The maximum atomic E-state index is 14.0. The summed E-state index contributed by atoms with van der Waals surface area (Å²) in [5, 5.41) is 5.68. The fourth-order valence-electron chi connectivity index (χ4n) is 5.10. The van der Waals surface area contributed by atoms with Crippen LogP contribution in [0.4, 0.5) is 13.2 Å². The molecule has 0 saturated heterocycles. The average Bonchev–Trinajstić information content (AvgIpc) is 3.42. The Morgan fingerprint density at radius 1 is 0.907 bits per heavy atom. The minimum Gasteiger partial charge on any atom is -0.496 e. The first kappa shape index (κ1) is 28.4. The van der Waals surface area contributed by atoms with Crippen LogP contribution in [0.2, 0.25) is 0 Å². The monoisotopic (exact) mass is 646 g/mol. The van der Waals surface area contributed by atoms with Crippen molar-refractivity contribution in [3.8, 4) is 28.6 Å². The lowest BCUT2D eigenvalue weighted by molar-refractivity contribution is -0.137. The van der Waals surface area contributed by atoms with Crippen LogP contribution in [-0.4, -0.2) is 23.0 Å². The van der Waals surface area contributed by atoms with Crippen LogP contribution in [0.3, 0.4) is 0 Å². The number of fused-ring (bicyclic) bond motifs is 2. The van der Waals surface area contributed by atoms with Crippen LogP contribution in [0, 0.1) is 6.92 Å². The molecule has 0 aliphatic rings. The molecule has 0 spiro atoms. The van der Waals surface area contributed by atoms with Crippen molar-refractivity contribution < 1.29 is 32.0 Å². The van der Waals surface area contributed by atoms with Crippen molar-refractivity contribution in [3.63, 3.8) is 0 Å². The van der Waals surface area contributed by atoms with E-state index in [-0.39, 0.29) is 33.7 Å². The fraction of sp³-hybridized carbons (Fsp3) is 0.121. The molecule has 6 aromatic rings. The number of hydrogen-bond donors (Lipinski definition) is 0. The number of pyridine rings is 1. The second kappa shape index (κ2) is 11.2. The van der Waals surface area contributed by atoms with Crippen LogP contribution in [0.5, 0.6) is 17.2 Å². The number of aromatic nitrogens is 2. The fourth-order valence-corrected chi connectivity index (χ4v) is 5.38. The van der Waals surface area contributed by atoms with E-state index in [4.69, 9.17) is 14.0 Å². The molecule has 0 fully saturated rings. The summed E-state index contributed by atoms with van der Waals surface area (Å²) in [6, 6.07) is 21.2. The topological polar surface area (TPSA) is 74.5 Å². The Morgan fingerprint density at radius 2 is 1.67 bits per heavy atom. The van der Waals surface area contributed by atoms with E-state index in [0.29, 0.717) is 33.6 Å². The SMILES string of the molecule is COc1cc2c(Oc3cccc4c(C(=O)Cc5ccc(-c6cc(Br)no6)c(C(F)(F)F)c5)cccc34)ccnc2cc1C. The highest BCUT2D eigenvalue weighted by Gasteiger charge is 2.35. The minimum absolute atomic E-state index is 0.0331. The number of aryl methyl sites for hydroxylation is 1. The number of carbonyl (C=O) groups is 1. The highest BCUT2D eigenvalue weighted by atomic mass is 79.9. The molecule has 2 heterocycles. The number of methoxy groups -OCH3 is 1.